The number of H-pyrrole nitrogens is 1. The van der Waals surface area contributed by atoms with Crippen molar-refractivity contribution in [3.63, 3.8) is 0 Å². The minimum atomic E-state index is -0.365. The smallest absolute Gasteiger partial charge is 0.271 e. The molecule has 0 aliphatic carbocycles. The minimum absolute atomic E-state index is 0.165. The van der Waals surface area contributed by atoms with Crippen LogP contribution in [0.15, 0.2) is 54.7 Å². The third kappa shape index (κ3) is 3.38. The summed E-state index contributed by atoms with van der Waals surface area (Å²) >= 11 is 0. The topological polar surface area (TPSA) is 83.2 Å². The molecule has 3 aromatic rings. The Morgan fingerprint density at radius 3 is 2.54 bits per heavy atom. The second-order valence-corrected chi connectivity index (χ2v) is 5.28. The quantitative estimate of drug-likeness (QED) is 0.644. The van der Waals surface area contributed by atoms with Crippen LogP contribution in [0.4, 0.5) is 0 Å². The summed E-state index contributed by atoms with van der Waals surface area (Å²) in [5.74, 6) is 0.0654. The number of amides is 2. The first-order valence-electron chi connectivity index (χ1n) is 7.45. The van der Waals surface area contributed by atoms with Gasteiger partial charge in [0.2, 0.25) is 5.91 Å². The fourth-order valence-corrected chi connectivity index (χ4v) is 2.43. The van der Waals surface area contributed by atoms with E-state index in [2.05, 4.69) is 15.8 Å². The summed E-state index contributed by atoms with van der Waals surface area (Å²) < 4.78 is 5.07. The Hall–Kier alpha value is -3.28. The highest BCUT2D eigenvalue weighted by molar-refractivity contribution is 6.07. The van der Waals surface area contributed by atoms with Gasteiger partial charge >= 0.3 is 0 Å². The molecule has 1 heterocycles. The first-order valence-corrected chi connectivity index (χ1v) is 7.45. The van der Waals surface area contributed by atoms with E-state index in [9.17, 15) is 9.59 Å². The fourth-order valence-electron chi connectivity index (χ4n) is 2.43. The van der Waals surface area contributed by atoms with E-state index in [0.29, 0.717) is 5.56 Å². The minimum Gasteiger partial charge on any atom is -0.497 e. The van der Waals surface area contributed by atoms with E-state index in [1.54, 1.807) is 37.6 Å². The van der Waals surface area contributed by atoms with E-state index in [1.807, 2.05) is 24.3 Å². The second kappa shape index (κ2) is 6.87. The van der Waals surface area contributed by atoms with Gasteiger partial charge in [-0.15, -0.1) is 0 Å². The number of carbonyl (C=O) groups excluding carboxylic acids is 2. The molecule has 0 radical (unpaired) electrons. The van der Waals surface area contributed by atoms with Gasteiger partial charge in [0.25, 0.3) is 5.91 Å². The van der Waals surface area contributed by atoms with E-state index < -0.39 is 0 Å². The molecule has 0 atom stereocenters. The Morgan fingerprint density at radius 1 is 1.04 bits per heavy atom. The normalized spacial score (nSPS) is 10.4. The lowest BCUT2D eigenvalue weighted by Crippen LogP contribution is -2.42. The molecule has 2 amide bonds. The number of hydrazine groups is 1. The number of ether oxygens (including phenoxy) is 1. The summed E-state index contributed by atoms with van der Waals surface area (Å²) in [5.41, 5.74) is 7.04. The molecular weight excluding hydrogens is 306 g/mol. The van der Waals surface area contributed by atoms with Crippen molar-refractivity contribution in [2.24, 2.45) is 0 Å². The number of hydrogen-bond acceptors (Lipinski definition) is 3. The Balaban J connectivity index is 1.58. The molecule has 1 aromatic heterocycles. The summed E-state index contributed by atoms with van der Waals surface area (Å²) in [6.45, 7) is 0. The maximum atomic E-state index is 12.2. The van der Waals surface area contributed by atoms with Crippen molar-refractivity contribution in [3.8, 4) is 5.75 Å². The molecule has 3 N–H and O–H groups in total. The number of aromatic amines is 1. The molecular formula is C18H17N3O3. The van der Waals surface area contributed by atoms with Crippen molar-refractivity contribution in [3.05, 3.63) is 65.9 Å². The number of aromatic nitrogens is 1. The summed E-state index contributed by atoms with van der Waals surface area (Å²) in [7, 11) is 1.59. The highest BCUT2D eigenvalue weighted by atomic mass is 16.5. The van der Waals surface area contributed by atoms with Crippen LogP contribution >= 0.6 is 0 Å². The lowest BCUT2D eigenvalue weighted by Gasteiger charge is -2.07. The molecule has 0 bridgehead atoms. The Kier molecular flexibility index (Phi) is 4.47. The maximum Gasteiger partial charge on any atom is 0.271 e. The van der Waals surface area contributed by atoms with Crippen molar-refractivity contribution < 1.29 is 14.3 Å². The molecule has 6 heteroatoms. The molecule has 24 heavy (non-hydrogen) atoms. The van der Waals surface area contributed by atoms with E-state index in [0.717, 1.165) is 22.2 Å². The molecule has 0 aliphatic rings. The zero-order valence-corrected chi connectivity index (χ0v) is 13.1. The van der Waals surface area contributed by atoms with Gasteiger partial charge in [0, 0.05) is 17.1 Å². The van der Waals surface area contributed by atoms with Gasteiger partial charge in [-0.25, -0.2) is 0 Å². The van der Waals surface area contributed by atoms with Crippen LogP contribution in [-0.2, 0) is 11.2 Å². The summed E-state index contributed by atoms with van der Waals surface area (Å²) in [4.78, 5) is 27.2. The predicted octanol–water partition coefficient (Wildman–Crippen LogP) is 2.18. The SMILES string of the molecule is COc1ccc(CC(=O)NNC(=O)c2c[nH]c3ccccc23)cc1. The molecule has 0 saturated carbocycles. The van der Waals surface area contributed by atoms with Crippen molar-refractivity contribution in [1.29, 1.82) is 0 Å². The van der Waals surface area contributed by atoms with E-state index >= 15 is 0 Å². The van der Waals surface area contributed by atoms with Gasteiger partial charge in [-0.1, -0.05) is 30.3 Å². The number of carbonyl (C=O) groups is 2. The third-order valence-corrected chi connectivity index (χ3v) is 3.67. The fraction of sp³-hybridized carbons (Fsp3) is 0.111. The Bertz CT molecular complexity index is 869. The lowest BCUT2D eigenvalue weighted by molar-refractivity contribution is -0.121. The largest absolute Gasteiger partial charge is 0.497 e. The standard InChI is InChI=1S/C18H17N3O3/c1-24-13-8-6-12(7-9-13)10-17(22)20-21-18(23)15-11-19-16-5-3-2-4-14(15)16/h2-9,11,19H,10H2,1H3,(H,20,22)(H,21,23). The van der Waals surface area contributed by atoms with Gasteiger partial charge in [0.05, 0.1) is 19.1 Å². The van der Waals surface area contributed by atoms with E-state index in [1.165, 1.54) is 0 Å². The van der Waals surface area contributed by atoms with Gasteiger partial charge in [0.15, 0.2) is 0 Å². The van der Waals surface area contributed by atoms with Crippen LogP contribution < -0.4 is 15.6 Å². The molecule has 6 nitrogen and oxygen atoms in total. The average molecular weight is 323 g/mol. The first kappa shape index (κ1) is 15.6. The number of fused-ring (bicyclic) bond motifs is 1. The summed E-state index contributed by atoms with van der Waals surface area (Å²) in [5, 5.41) is 0.805. The van der Waals surface area contributed by atoms with Gasteiger partial charge < -0.3 is 9.72 Å². The van der Waals surface area contributed by atoms with Crippen LogP contribution in [-0.4, -0.2) is 23.9 Å². The Labute approximate surface area is 138 Å². The molecule has 0 spiro atoms. The number of methoxy groups -OCH3 is 1. The zero-order chi connectivity index (χ0) is 16.9. The number of benzene rings is 2. The number of hydrogen-bond donors (Lipinski definition) is 3. The molecule has 0 fully saturated rings. The van der Waals surface area contributed by atoms with E-state index in [-0.39, 0.29) is 18.2 Å². The van der Waals surface area contributed by atoms with Gasteiger partial charge in [-0.3, -0.25) is 20.4 Å². The molecule has 0 saturated heterocycles. The van der Waals surface area contributed by atoms with Crippen LogP contribution in [0.2, 0.25) is 0 Å². The van der Waals surface area contributed by atoms with Crippen LogP contribution in [0.25, 0.3) is 10.9 Å². The van der Waals surface area contributed by atoms with Crippen LogP contribution in [0.5, 0.6) is 5.75 Å². The number of nitrogens with one attached hydrogen (secondary N) is 3. The number of para-hydroxylation sites is 1. The van der Waals surface area contributed by atoms with Crippen LogP contribution in [0.1, 0.15) is 15.9 Å². The van der Waals surface area contributed by atoms with Gasteiger partial charge in [-0.05, 0) is 23.8 Å². The molecule has 3 rings (SSSR count). The molecule has 0 aliphatic heterocycles. The first-order chi connectivity index (χ1) is 11.7. The van der Waals surface area contributed by atoms with Crippen molar-refractivity contribution in [2.45, 2.75) is 6.42 Å². The second-order valence-electron chi connectivity index (χ2n) is 5.28. The zero-order valence-electron chi connectivity index (χ0n) is 13.1. The molecule has 0 unspecified atom stereocenters. The Morgan fingerprint density at radius 2 is 1.79 bits per heavy atom. The average Bonchev–Trinajstić information content (AvgIpc) is 3.04. The predicted molar refractivity (Wildman–Crippen MR) is 90.6 cm³/mol. The highest BCUT2D eigenvalue weighted by Gasteiger charge is 2.12. The third-order valence-electron chi connectivity index (χ3n) is 3.67. The number of rotatable bonds is 4. The maximum absolute atomic E-state index is 12.2. The monoisotopic (exact) mass is 323 g/mol. The summed E-state index contributed by atoms with van der Waals surface area (Å²) in [6, 6.07) is 14.7. The van der Waals surface area contributed by atoms with Gasteiger partial charge in [-0.2, -0.15) is 0 Å². The van der Waals surface area contributed by atoms with Crippen LogP contribution in [0.3, 0.4) is 0 Å². The van der Waals surface area contributed by atoms with Gasteiger partial charge in [0.1, 0.15) is 5.75 Å². The van der Waals surface area contributed by atoms with Crippen molar-refractivity contribution in [1.82, 2.24) is 15.8 Å². The lowest BCUT2D eigenvalue weighted by atomic mass is 10.1. The van der Waals surface area contributed by atoms with E-state index in [4.69, 9.17) is 4.74 Å². The van der Waals surface area contributed by atoms with Crippen molar-refractivity contribution >= 4 is 22.7 Å². The molecule has 122 valence electrons. The van der Waals surface area contributed by atoms with Crippen LogP contribution in [0, 0.1) is 0 Å². The van der Waals surface area contributed by atoms with Crippen molar-refractivity contribution in [2.75, 3.05) is 7.11 Å². The highest BCUT2D eigenvalue weighted by Crippen LogP contribution is 2.17. The summed E-state index contributed by atoms with van der Waals surface area (Å²) in [6.07, 6.45) is 1.79. The molecule has 2 aromatic carbocycles.